The second kappa shape index (κ2) is 3.88. The summed E-state index contributed by atoms with van der Waals surface area (Å²) in [4.78, 5) is 10.1. The number of hydrogen-bond acceptors (Lipinski definition) is 4. The Bertz CT molecular complexity index is 380. The standard InChI is InChI=1S/C11H17FN4/c1-8-4-6-16(7-11(8,2)12)10-14-5-3-9(13)15-10/h3,5,8H,4,6-7H2,1-2H3,(H2,13,14,15)/t8-,11+/m1/s1. The van der Waals surface area contributed by atoms with Gasteiger partial charge in [0.25, 0.3) is 0 Å². The van der Waals surface area contributed by atoms with Gasteiger partial charge < -0.3 is 10.6 Å². The van der Waals surface area contributed by atoms with Crippen molar-refractivity contribution in [2.45, 2.75) is 25.9 Å². The minimum absolute atomic E-state index is 0.0739. The molecule has 0 bridgehead atoms. The van der Waals surface area contributed by atoms with Gasteiger partial charge in [0.15, 0.2) is 0 Å². The first-order valence-corrected chi connectivity index (χ1v) is 5.51. The summed E-state index contributed by atoms with van der Waals surface area (Å²) in [6.45, 7) is 4.69. The lowest BCUT2D eigenvalue weighted by Crippen LogP contribution is -2.49. The Hall–Kier alpha value is -1.39. The Labute approximate surface area is 94.7 Å². The van der Waals surface area contributed by atoms with E-state index in [0.29, 0.717) is 18.3 Å². The van der Waals surface area contributed by atoms with Crippen LogP contribution in [0.4, 0.5) is 16.2 Å². The Kier molecular flexibility index (Phi) is 2.69. The van der Waals surface area contributed by atoms with Gasteiger partial charge in [0.2, 0.25) is 5.95 Å². The molecular weight excluding hydrogens is 207 g/mol. The van der Waals surface area contributed by atoms with Crippen LogP contribution in [-0.4, -0.2) is 28.7 Å². The second-order valence-electron chi connectivity index (χ2n) is 4.67. The third kappa shape index (κ3) is 2.08. The van der Waals surface area contributed by atoms with E-state index in [0.717, 1.165) is 13.0 Å². The number of aromatic nitrogens is 2. The zero-order chi connectivity index (χ0) is 11.8. The molecule has 1 aliphatic rings. The maximum atomic E-state index is 14.2. The molecule has 0 saturated carbocycles. The molecule has 0 aliphatic carbocycles. The van der Waals surface area contributed by atoms with Gasteiger partial charge >= 0.3 is 0 Å². The molecule has 5 heteroatoms. The molecule has 2 rings (SSSR count). The smallest absolute Gasteiger partial charge is 0.227 e. The molecule has 88 valence electrons. The molecular formula is C11H17FN4. The molecule has 0 spiro atoms. The van der Waals surface area contributed by atoms with Crippen molar-refractivity contribution in [3.8, 4) is 0 Å². The Morgan fingerprint density at radius 2 is 2.38 bits per heavy atom. The molecule has 2 heterocycles. The summed E-state index contributed by atoms with van der Waals surface area (Å²) in [7, 11) is 0. The highest BCUT2D eigenvalue weighted by molar-refractivity contribution is 5.38. The fourth-order valence-electron chi connectivity index (χ4n) is 1.94. The molecule has 1 saturated heterocycles. The number of hydrogen-bond donors (Lipinski definition) is 1. The third-order valence-electron chi connectivity index (χ3n) is 3.31. The number of nitrogens with zero attached hydrogens (tertiary/aromatic N) is 3. The molecule has 2 N–H and O–H groups in total. The second-order valence-corrected chi connectivity index (χ2v) is 4.67. The summed E-state index contributed by atoms with van der Waals surface area (Å²) in [5.74, 6) is 1.02. The van der Waals surface area contributed by atoms with Crippen molar-refractivity contribution in [1.29, 1.82) is 0 Å². The van der Waals surface area contributed by atoms with E-state index >= 15 is 0 Å². The number of rotatable bonds is 1. The largest absolute Gasteiger partial charge is 0.384 e. The van der Waals surface area contributed by atoms with Gasteiger partial charge in [-0.25, -0.2) is 9.37 Å². The van der Waals surface area contributed by atoms with Crippen molar-refractivity contribution in [3.63, 3.8) is 0 Å². The first kappa shape index (κ1) is 11.1. The molecule has 1 aromatic rings. The van der Waals surface area contributed by atoms with Gasteiger partial charge in [-0.2, -0.15) is 4.98 Å². The number of anilines is 2. The monoisotopic (exact) mass is 224 g/mol. The fraction of sp³-hybridized carbons (Fsp3) is 0.636. The average Bonchev–Trinajstić information content (AvgIpc) is 2.22. The van der Waals surface area contributed by atoms with Crippen LogP contribution in [0.2, 0.25) is 0 Å². The van der Waals surface area contributed by atoms with Gasteiger partial charge in [-0.3, -0.25) is 0 Å². The minimum atomic E-state index is -1.19. The molecule has 0 radical (unpaired) electrons. The summed E-state index contributed by atoms with van der Waals surface area (Å²) in [5.41, 5.74) is 4.40. The molecule has 1 fully saturated rings. The van der Waals surface area contributed by atoms with E-state index < -0.39 is 5.67 Å². The van der Waals surface area contributed by atoms with Crippen LogP contribution in [0.15, 0.2) is 12.3 Å². The summed E-state index contributed by atoms with van der Waals surface area (Å²) < 4.78 is 14.2. The van der Waals surface area contributed by atoms with Gasteiger partial charge in [-0.1, -0.05) is 6.92 Å². The van der Waals surface area contributed by atoms with E-state index in [1.165, 1.54) is 0 Å². The van der Waals surface area contributed by atoms with Gasteiger partial charge in [-0.05, 0) is 25.3 Å². The maximum Gasteiger partial charge on any atom is 0.227 e. The molecule has 1 aliphatic heterocycles. The van der Waals surface area contributed by atoms with Crippen LogP contribution in [-0.2, 0) is 0 Å². The van der Waals surface area contributed by atoms with Crippen LogP contribution in [0.25, 0.3) is 0 Å². The average molecular weight is 224 g/mol. The van der Waals surface area contributed by atoms with E-state index in [-0.39, 0.29) is 5.92 Å². The topological polar surface area (TPSA) is 55.0 Å². The summed E-state index contributed by atoms with van der Waals surface area (Å²) >= 11 is 0. The minimum Gasteiger partial charge on any atom is -0.384 e. The van der Waals surface area contributed by atoms with Crippen molar-refractivity contribution < 1.29 is 4.39 Å². The third-order valence-corrected chi connectivity index (χ3v) is 3.31. The highest BCUT2D eigenvalue weighted by Gasteiger charge is 2.37. The number of piperidine rings is 1. The van der Waals surface area contributed by atoms with Crippen molar-refractivity contribution in [1.82, 2.24) is 9.97 Å². The van der Waals surface area contributed by atoms with Crippen LogP contribution in [0, 0.1) is 5.92 Å². The zero-order valence-corrected chi connectivity index (χ0v) is 9.65. The van der Waals surface area contributed by atoms with Crippen LogP contribution in [0.1, 0.15) is 20.3 Å². The normalized spacial score (nSPS) is 30.4. The van der Waals surface area contributed by atoms with Crippen LogP contribution >= 0.6 is 0 Å². The Morgan fingerprint density at radius 3 is 3.00 bits per heavy atom. The Morgan fingerprint density at radius 1 is 1.62 bits per heavy atom. The molecule has 16 heavy (non-hydrogen) atoms. The van der Waals surface area contributed by atoms with Gasteiger partial charge in [0.05, 0.1) is 6.54 Å². The van der Waals surface area contributed by atoms with E-state index in [1.54, 1.807) is 19.2 Å². The number of halogens is 1. The van der Waals surface area contributed by atoms with Crippen molar-refractivity contribution in [2.75, 3.05) is 23.7 Å². The van der Waals surface area contributed by atoms with Gasteiger partial charge in [0.1, 0.15) is 11.5 Å². The molecule has 2 atom stereocenters. The summed E-state index contributed by atoms with van der Waals surface area (Å²) in [6.07, 6.45) is 2.41. The number of nitrogen functional groups attached to an aromatic ring is 1. The van der Waals surface area contributed by atoms with Crippen molar-refractivity contribution in [2.24, 2.45) is 5.92 Å². The van der Waals surface area contributed by atoms with Gasteiger partial charge in [0, 0.05) is 12.7 Å². The SMILES string of the molecule is C[C@@H]1CCN(c2nccc(N)n2)C[C@]1(C)F. The molecule has 1 aromatic heterocycles. The predicted octanol–water partition coefficient (Wildman–Crippen LogP) is 1.63. The highest BCUT2D eigenvalue weighted by Crippen LogP contribution is 2.31. The zero-order valence-electron chi connectivity index (χ0n) is 9.65. The highest BCUT2D eigenvalue weighted by atomic mass is 19.1. The van der Waals surface area contributed by atoms with Crippen LogP contribution < -0.4 is 10.6 Å². The first-order chi connectivity index (χ1) is 7.49. The van der Waals surface area contributed by atoms with Gasteiger partial charge in [-0.15, -0.1) is 0 Å². The lowest BCUT2D eigenvalue weighted by Gasteiger charge is -2.39. The Balaban J connectivity index is 2.18. The maximum absolute atomic E-state index is 14.2. The number of nitrogens with two attached hydrogens (primary N) is 1. The molecule has 0 aromatic carbocycles. The van der Waals surface area contributed by atoms with Crippen LogP contribution in [0.5, 0.6) is 0 Å². The van der Waals surface area contributed by atoms with Crippen LogP contribution in [0.3, 0.4) is 0 Å². The predicted molar refractivity (Wildman–Crippen MR) is 62.0 cm³/mol. The van der Waals surface area contributed by atoms with E-state index in [4.69, 9.17) is 5.73 Å². The summed E-state index contributed by atoms with van der Waals surface area (Å²) in [5, 5.41) is 0. The lowest BCUT2D eigenvalue weighted by atomic mass is 9.86. The quantitative estimate of drug-likeness (QED) is 0.787. The van der Waals surface area contributed by atoms with E-state index in [9.17, 15) is 4.39 Å². The molecule has 4 nitrogen and oxygen atoms in total. The van der Waals surface area contributed by atoms with Crippen molar-refractivity contribution >= 4 is 11.8 Å². The lowest BCUT2D eigenvalue weighted by molar-refractivity contribution is 0.0950. The fourth-order valence-corrected chi connectivity index (χ4v) is 1.94. The van der Waals surface area contributed by atoms with E-state index in [2.05, 4.69) is 9.97 Å². The number of alkyl halides is 1. The molecule has 0 unspecified atom stereocenters. The summed E-state index contributed by atoms with van der Waals surface area (Å²) in [6, 6.07) is 1.63. The van der Waals surface area contributed by atoms with E-state index in [1.807, 2.05) is 11.8 Å². The molecule has 0 amide bonds. The first-order valence-electron chi connectivity index (χ1n) is 5.51. The van der Waals surface area contributed by atoms with Crippen molar-refractivity contribution in [3.05, 3.63) is 12.3 Å².